The molecule has 0 fully saturated rings. The standard InChI is InChI=1S/C18H22N2O/c1-18(2,13-19)20-17(21)12-14-8-10-16(11-9-14)15-6-4-3-5-7-15/h3-11H,12-13,19H2,1-2H3,(H,20,21). The molecular formula is C18H22N2O. The van der Waals surface area contributed by atoms with Gasteiger partial charge in [-0.25, -0.2) is 0 Å². The van der Waals surface area contributed by atoms with Gasteiger partial charge in [0.1, 0.15) is 0 Å². The second kappa shape index (κ2) is 6.55. The van der Waals surface area contributed by atoms with Gasteiger partial charge in [-0.1, -0.05) is 54.6 Å². The van der Waals surface area contributed by atoms with Crippen LogP contribution >= 0.6 is 0 Å². The number of rotatable bonds is 5. The van der Waals surface area contributed by atoms with Gasteiger partial charge < -0.3 is 11.1 Å². The lowest BCUT2D eigenvalue weighted by atomic mass is 10.0. The van der Waals surface area contributed by atoms with Crippen LogP contribution in [0.3, 0.4) is 0 Å². The van der Waals surface area contributed by atoms with Gasteiger partial charge in [0.25, 0.3) is 0 Å². The third kappa shape index (κ3) is 4.43. The summed E-state index contributed by atoms with van der Waals surface area (Å²) in [6.07, 6.45) is 0.374. The predicted octanol–water partition coefficient (Wildman–Crippen LogP) is 2.75. The highest BCUT2D eigenvalue weighted by molar-refractivity contribution is 5.79. The molecule has 1 amide bonds. The molecule has 0 heterocycles. The first kappa shape index (κ1) is 15.3. The maximum Gasteiger partial charge on any atom is 0.224 e. The van der Waals surface area contributed by atoms with Crippen LogP contribution < -0.4 is 11.1 Å². The second-order valence-corrected chi connectivity index (χ2v) is 5.88. The Hall–Kier alpha value is -2.13. The average Bonchev–Trinajstić information content (AvgIpc) is 2.48. The lowest BCUT2D eigenvalue weighted by molar-refractivity contribution is -0.121. The molecule has 3 heteroatoms. The van der Waals surface area contributed by atoms with Crippen LogP contribution in [0, 0.1) is 0 Å². The lowest BCUT2D eigenvalue weighted by Gasteiger charge is -2.24. The van der Waals surface area contributed by atoms with Crippen LogP contribution in [0.25, 0.3) is 11.1 Å². The number of carbonyl (C=O) groups is 1. The maximum atomic E-state index is 12.0. The molecule has 3 N–H and O–H groups in total. The lowest BCUT2D eigenvalue weighted by Crippen LogP contribution is -2.49. The van der Waals surface area contributed by atoms with Gasteiger partial charge in [-0.15, -0.1) is 0 Å². The molecule has 0 aliphatic rings. The van der Waals surface area contributed by atoms with Crippen LogP contribution in [0.4, 0.5) is 0 Å². The van der Waals surface area contributed by atoms with E-state index in [4.69, 9.17) is 5.73 Å². The Bertz CT molecular complexity index is 588. The predicted molar refractivity (Wildman–Crippen MR) is 86.9 cm³/mol. The minimum atomic E-state index is -0.360. The van der Waals surface area contributed by atoms with Gasteiger partial charge in [-0.2, -0.15) is 0 Å². The number of hydrogen-bond donors (Lipinski definition) is 2. The summed E-state index contributed by atoms with van der Waals surface area (Å²) in [5.74, 6) is -0.00193. The molecule has 2 rings (SSSR count). The molecular weight excluding hydrogens is 260 g/mol. The van der Waals surface area contributed by atoms with E-state index in [1.54, 1.807) is 0 Å². The first-order chi connectivity index (χ1) is 10.00. The number of nitrogens with one attached hydrogen (secondary N) is 1. The largest absolute Gasteiger partial charge is 0.350 e. The molecule has 0 aromatic heterocycles. The Kier molecular flexibility index (Phi) is 4.76. The van der Waals surface area contributed by atoms with Crippen LogP contribution in [0.15, 0.2) is 54.6 Å². The number of carbonyl (C=O) groups excluding carboxylic acids is 1. The van der Waals surface area contributed by atoms with Gasteiger partial charge in [0.05, 0.1) is 6.42 Å². The van der Waals surface area contributed by atoms with Crippen LogP contribution in [0.1, 0.15) is 19.4 Å². The zero-order chi connectivity index (χ0) is 15.3. The van der Waals surface area contributed by atoms with Crippen molar-refractivity contribution in [1.29, 1.82) is 0 Å². The van der Waals surface area contributed by atoms with Crippen molar-refractivity contribution in [3.05, 3.63) is 60.2 Å². The van der Waals surface area contributed by atoms with Crippen LogP contribution in [-0.2, 0) is 11.2 Å². The summed E-state index contributed by atoms with van der Waals surface area (Å²) in [5, 5.41) is 2.94. The summed E-state index contributed by atoms with van der Waals surface area (Å²) in [6.45, 7) is 4.26. The third-order valence-corrected chi connectivity index (χ3v) is 3.41. The van der Waals surface area contributed by atoms with Crippen molar-refractivity contribution in [2.45, 2.75) is 25.8 Å². The quantitative estimate of drug-likeness (QED) is 0.886. The van der Waals surface area contributed by atoms with Crippen molar-refractivity contribution >= 4 is 5.91 Å². The zero-order valence-electron chi connectivity index (χ0n) is 12.6. The van der Waals surface area contributed by atoms with E-state index in [1.165, 1.54) is 5.56 Å². The SMILES string of the molecule is CC(C)(CN)NC(=O)Cc1ccc(-c2ccccc2)cc1. The summed E-state index contributed by atoms with van der Waals surface area (Å²) in [5.41, 5.74) is 8.59. The van der Waals surface area contributed by atoms with Crippen molar-refractivity contribution in [3.63, 3.8) is 0 Å². The van der Waals surface area contributed by atoms with E-state index in [9.17, 15) is 4.79 Å². The molecule has 0 saturated heterocycles. The Morgan fingerprint density at radius 1 is 1.00 bits per heavy atom. The average molecular weight is 282 g/mol. The fourth-order valence-corrected chi connectivity index (χ4v) is 2.10. The fourth-order valence-electron chi connectivity index (χ4n) is 2.10. The summed E-state index contributed by atoms with van der Waals surface area (Å²) >= 11 is 0. The molecule has 0 spiro atoms. The van der Waals surface area contributed by atoms with Gasteiger partial charge in [0.15, 0.2) is 0 Å². The topological polar surface area (TPSA) is 55.1 Å². The Labute approximate surface area is 126 Å². The van der Waals surface area contributed by atoms with E-state index >= 15 is 0 Å². The highest BCUT2D eigenvalue weighted by Crippen LogP contribution is 2.19. The van der Waals surface area contributed by atoms with Crippen molar-refractivity contribution in [2.24, 2.45) is 5.73 Å². The van der Waals surface area contributed by atoms with Gasteiger partial charge in [-0.05, 0) is 30.5 Å². The number of benzene rings is 2. The minimum Gasteiger partial charge on any atom is -0.350 e. The molecule has 0 radical (unpaired) electrons. The van der Waals surface area contributed by atoms with Crippen molar-refractivity contribution in [2.75, 3.05) is 6.54 Å². The van der Waals surface area contributed by atoms with E-state index in [1.807, 2.05) is 56.3 Å². The van der Waals surface area contributed by atoms with Gasteiger partial charge in [0, 0.05) is 12.1 Å². The first-order valence-electron chi connectivity index (χ1n) is 7.16. The van der Waals surface area contributed by atoms with E-state index in [0.29, 0.717) is 13.0 Å². The van der Waals surface area contributed by atoms with Crippen molar-refractivity contribution in [3.8, 4) is 11.1 Å². The molecule has 2 aromatic carbocycles. The highest BCUT2D eigenvalue weighted by Gasteiger charge is 2.18. The molecule has 0 bridgehead atoms. The molecule has 3 nitrogen and oxygen atoms in total. The van der Waals surface area contributed by atoms with Crippen LogP contribution in [-0.4, -0.2) is 18.0 Å². The second-order valence-electron chi connectivity index (χ2n) is 5.88. The third-order valence-electron chi connectivity index (χ3n) is 3.41. The molecule has 0 aliphatic heterocycles. The minimum absolute atomic E-state index is 0.00193. The summed E-state index contributed by atoms with van der Waals surface area (Å²) in [7, 11) is 0. The molecule has 0 aliphatic carbocycles. The van der Waals surface area contributed by atoms with Gasteiger partial charge in [0.2, 0.25) is 5.91 Å². The molecule has 0 unspecified atom stereocenters. The molecule has 21 heavy (non-hydrogen) atoms. The Morgan fingerprint density at radius 3 is 2.14 bits per heavy atom. The van der Waals surface area contributed by atoms with Crippen molar-refractivity contribution < 1.29 is 4.79 Å². The van der Waals surface area contributed by atoms with Crippen LogP contribution in [0.5, 0.6) is 0 Å². The van der Waals surface area contributed by atoms with Crippen LogP contribution in [0.2, 0.25) is 0 Å². The summed E-state index contributed by atoms with van der Waals surface area (Å²) in [4.78, 5) is 12.0. The molecule has 0 atom stereocenters. The number of amides is 1. The maximum absolute atomic E-state index is 12.0. The van der Waals surface area contributed by atoms with E-state index in [0.717, 1.165) is 11.1 Å². The highest BCUT2D eigenvalue weighted by atomic mass is 16.1. The zero-order valence-corrected chi connectivity index (χ0v) is 12.6. The van der Waals surface area contributed by atoms with E-state index in [2.05, 4.69) is 17.4 Å². The summed E-state index contributed by atoms with van der Waals surface area (Å²) < 4.78 is 0. The number of nitrogens with two attached hydrogens (primary N) is 1. The Balaban J connectivity index is 2.02. The van der Waals surface area contributed by atoms with E-state index in [-0.39, 0.29) is 11.4 Å². The number of hydrogen-bond acceptors (Lipinski definition) is 2. The Morgan fingerprint density at radius 2 is 1.57 bits per heavy atom. The smallest absolute Gasteiger partial charge is 0.224 e. The summed E-state index contributed by atoms with van der Waals surface area (Å²) in [6, 6.07) is 18.3. The van der Waals surface area contributed by atoms with Gasteiger partial charge >= 0.3 is 0 Å². The molecule has 110 valence electrons. The van der Waals surface area contributed by atoms with Gasteiger partial charge in [-0.3, -0.25) is 4.79 Å². The fraction of sp³-hybridized carbons (Fsp3) is 0.278. The first-order valence-corrected chi connectivity index (χ1v) is 7.16. The molecule has 0 saturated carbocycles. The normalized spacial score (nSPS) is 11.2. The monoisotopic (exact) mass is 282 g/mol. The van der Waals surface area contributed by atoms with Crippen molar-refractivity contribution in [1.82, 2.24) is 5.32 Å². The molecule has 2 aromatic rings. The van der Waals surface area contributed by atoms with E-state index < -0.39 is 0 Å².